The van der Waals surface area contributed by atoms with Crippen LogP contribution in [0.2, 0.25) is 0 Å². The predicted molar refractivity (Wildman–Crippen MR) is 57.0 cm³/mol. The van der Waals surface area contributed by atoms with Crippen LogP contribution in [0.15, 0.2) is 0 Å². The molecule has 1 amide bonds. The number of rotatable bonds is 3. The van der Waals surface area contributed by atoms with E-state index in [0.29, 0.717) is 19.0 Å². The van der Waals surface area contributed by atoms with E-state index in [1.54, 1.807) is 11.9 Å². The van der Waals surface area contributed by atoms with Gasteiger partial charge in [-0.05, 0) is 19.8 Å². The van der Waals surface area contributed by atoms with Crippen molar-refractivity contribution in [3.05, 3.63) is 0 Å². The molecule has 1 saturated heterocycles. The summed E-state index contributed by atoms with van der Waals surface area (Å²) in [6.07, 6.45) is 5.13. The van der Waals surface area contributed by atoms with Crippen LogP contribution in [-0.4, -0.2) is 46.3 Å². The summed E-state index contributed by atoms with van der Waals surface area (Å²) >= 11 is 0. The number of carbonyl (C=O) groups excluding carboxylic acids is 1. The van der Waals surface area contributed by atoms with E-state index in [4.69, 9.17) is 0 Å². The number of hydrogen-bond donors (Lipinski definition) is 1. The van der Waals surface area contributed by atoms with Crippen LogP contribution in [0.25, 0.3) is 0 Å². The van der Waals surface area contributed by atoms with Crippen molar-refractivity contribution in [1.82, 2.24) is 10.0 Å². The molecule has 1 aliphatic heterocycles. The normalized spacial score (nSPS) is 26.5. The topological polar surface area (TPSA) is 43.8 Å². The van der Waals surface area contributed by atoms with E-state index in [-0.39, 0.29) is 5.91 Å². The van der Waals surface area contributed by atoms with Gasteiger partial charge in [-0.25, -0.2) is 5.01 Å². The van der Waals surface area contributed by atoms with Crippen LogP contribution in [0.3, 0.4) is 0 Å². The lowest BCUT2D eigenvalue weighted by Crippen LogP contribution is -2.47. The molecule has 2 aliphatic rings. The summed E-state index contributed by atoms with van der Waals surface area (Å²) in [6, 6.07) is 0.537. The monoisotopic (exact) mass is 212 g/mol. The molecule has 1 unspecified atom stereocenters. The third-order valence-corrected chi connectivity index (χ3v) is 3.34. The molecule has 0 aromatic heterocycles. The highest BCUT2D eigenvalue weighted by atomic mass is 16.3. The Morgan fingerprint density at radius 3 is 2.73 bits per heavy atom. The first-order valence-corrected chi connectivity index (χ1v) is 5.93. The SMILES string of the molecule is CC(O)CN1C(=O)CCN1C1CCCC1. The highest BCUT2D eigenvalue weighted by Crippen LogP contribution is 2.27. The molecule has 1 heterocycles. The van der Waals surface area contributed by atoms with Gasteiger partial charge in [0.15, 0.2) is 0 Å². The number of nitrogens with zero attached hydrogens (tertiary/aromatic N) is 2. The van der Waals surface area contributed by atoms with Gasteiger partial charge < -0.3 is 5.11 Å². The van der Waals surface area contributed by atoms with Crippen LogP contribution in [0.1, 0.15) is 39.0 Å². The van der Waals surface area contributed by atoms with Crippen LogP contribution in [-0.2, 0) is 4.79 Å². The number of carbonyl (C=O) groups is 1. The van der Waals surface area contributed by atoms with Gasteiger partial charge in [0.05, 0.1) is 12.6 Å². The smallest absolute Gasteiger partial charge is 0.238 e. The summed E-state index contributed by atoms with van der Waals surface area (Å²) < 4.78 is 0. The van der Waals surface area contributed by atoms with E-state index >= 15 is 0 Å². The minimum atomic E-state index is -0.434. The molecule has 0 aromatic carbocycles. The second-order valence-electron chi connectivity index (χ2n) is 4.68. The summed E-state index contributed by atoms with van der Waals surface area (Å²) in [7, 11) is 0. The first-order valence-electron chi connectivity index (χ1n) is 5.93. The Labute approximate surface area is 90.8 Å². The van der Waals surface area contributed by atoms with Crippen LogP contribution in [0.4, 0.5) is 0 Å². The number of amides is 1. The quantitative estimate of drug-likeness (QED) is 0.751. The molecule has 0 radical (unpaired) electrons. The fourth-order valence-corrected chi connectivity index (χ4v) is 2.64. The predicted octanol–water partition coefficient (Wildman–Crippen LogP) is 0.759. The van der Waals surface area contributed by atoms with Crippen LogP contribution < -0.4 is 0 Å². The molecular weight excluding hydrogens is 192 g/mol. The third-order valence-electron chi connectivity index (χ3n) is 3.34. The van der Waals surface area contributed by atoms with Crippen molar-refractivity contribution in [3.8, 4) is 0 Å². The van der Waals surface area contributed by atoms with Gasteiger partial charge in [0.2, 0.25) is 5.91 Å². The first-order chi connectivity index (χ1) is 7.18. The molecule has 0 aromatic rings. The first kappa shape index (κ1) is 10.9. The molecule has 1 saturated carbocycles. The van der Waals surface area contributed by atoms with Gasteiger partial charge >= 0.3 is 0 Å². The molecule has 2 fully saturated rings. The van der Waals surface area contributed by atoms with Gasteiger partial charge in [0, 0.05) is 19.0 Å². The molecule has 86 valence electrons. The molecule has 0 spiro atoms. The number of hydrogen-bond acceptors (Lipinski definition) is 3. The van der Waals surface area contributed by atoms with Crippen molar-refractivity contribution in [2.24, 2.45) is 0 Å². The van der Waals surface area contributed by atoms with Gasteiger partial charge in [0.1, 0.15) is 0 Å². The molecule has 1 N–H and O–H groups in total. The lowest BCUT2D eigenvalue weighted by molar-refractivity contribution is -0.143. The molecule has 1 aliphatic carbocycles. The van der Waals surface area contributed by atoms with Crippen molar-refractivity contribution >= 4 is 5.91 Å². The average Bonchev–Trinajstić information content (AvgIpc) is 2.76. The maximum atomic E-state index is 11.7. The average molecular weight is 212 g/mol. The molecule has 2 rings (SSSR count). The number of β-amino-alcohol motifs (C(OH)–C–C–N with tert-alkyl or cyclic N) is 1. The van der Waals surface area contributed by atoms with Gasteiger partial charge in [-0.1, -0.05) is 12.8 Å². The largest absolute Gasteiger partial charge is 0.392 e. The molecule has 0 bridgehead atoms. The van der Waals surface area contributed by atoms with Gasteiger partial charge in [0.25, 0.3) is 0 Å². The Hall–Kier alpha value is -0.610. The molecule has 4 nitrogen and oxygen atoms in total. The summed E-state index contributed by atoms with van der Waals surface area (Å²) in [5.74, 6) is 0.169. The lowest BCUT2D eigenvalue weighted by atomic mass is 10.2. The van der Waals surface area contributed by atoms with Crippen molar-refractivity contribution in [2.45, 2.75) is 51.2 Å². The Morgan fingerprint density at radius 1 is 1.47 bits per heavy atom. The van der Waals surface area contributed by atoms with Gasteiger partial charge in [-0.3, -0.25) is 9.80 Å². The number of aliphatic hydroxyl groups is 1. The van der Waals surface area contributed by atoms with E-state index in [1.165, 1.54) is 25.7 Å². The van der Waals surface area contributed by atoms with Crippen LogP contribution in [0, 0.1) is 0 Å². The van der Waals surface area contributed by atoms with Gasteiger partial charge in [-0.2, -0.15) is 0 Å². The fourth-order valence-electron chi connectivity index (χ4n) is 2.64. The van der Waals surface area contributed by atoms with E-state index in [0.717, 1.165) is 6.54 Å². The zero-order chi connectivity index (χ0) is 10.8. The Kier molecular flexibility index (Phi) is 3.26. The number of hydrazine groups is 1. The Bertz CT molecular complexity index is 237. The van der Waals surface area contributed by atoms with E-state index in [9.17, 15) is 9.90 Å². The van der Waals surface area contributed by atoms with E-state index < -0.39 is 6.10 Å². The number of aliphatic hydroxyl groups excluding tert-OH is 1. The lowest BCUT2D eigenvalue weighted by Gasteiger charge is -2.33. The standard InChI is InChI=1S/C11H20N2O2/c1-9(14)8-13-11(15)6-7-12(13)10-4-2-3-5-10/h9-10,14H,2-8H2,1H3. The Morgan fingerprint density at radius 2 is 2.13 bits per heavy atom. The maximum Gasteiger partial charge on any atom is 0.238 e. The highest BCUT2D eigenvalue weighted by Gasteiger charge is 2.35. The second kappa shape index (κ2) is 4.49. The zero-order valence-electron chi connectivity index (χ0n) is 9.35. The fraction of sp³-hybridized carbons (Fsp3) is 0.909. The van der Waals surface area contributed by atoms with Crippen LogP contribution >= 0.6 is 0 Å². The minimum absolute atomic E-state index is 0.169. The second-order valence-corrected chi connectivity index (χ2v) is 4.68. The van der Waals surface area contributed by atoms with Crippen molar-refractivity contribution in [3.63, 3.8) is 0 Å². The van der Waals surface area contributed by atoms with Crippen molar-refractivity contribution < 1.29 is 9.90 Å². The maximum absolute atomic E-state index is 11.7. The van der Waals surface area contributed by atoms with Crippen LogP contribution in [0.5, 0.6) is 0 Å². The van der Waals surface area contributed by atoms with Crippen molar-refractivity contribution in [2.75, 3.05) is 13.1 Å². The third kappa shape index (κ3) is 2.32. The van der Waals surface area contributed by atoms with E-state index in [2.05, 4.69) is 5.01 Å². The summed E-state index contributed by atoms with van der Waals surface area (Å²) in [5, 5.41) is 13.3. The molecule has 4 heteroatoms. The Balaban J connectivity index is 1.99. The summed E-state index contributed by atoms with van der Waals surface area (Å²) in [4.78, 5) is 11.7. The van der Waals surface area contributed by atoms with E-state index in [1.807, 2.05) is 0 Å². The highest BCUT2D eigenvalue weighted by molar-refractivity contribution is 5.77. The summed E-state index contributed by atoms with van der Waals surface area (Å²) in [6.45, 7) is 3.03. The molecular formula is C11H20N2O2. The molecule has 15 heavy (non-hydrogen) atoms. The summed E-state index contributed by atoms with van der Waals surface area (Å²) in [5.41, 5.74) is 0. The minimum Gasteiger partial charge on any atom is -0.392 e. The zero-order valence-corrected chi connectivity index (χ0v) is 9.35. The van der Waals surface area contributed by atoms with Gasteiger partial charge in [-0.15, -0.1) is 0 Å². The van der Waals surface area contributed by atoms with Crippen molar-refractivity contribution in [1.29, 1.82) is 0 Å². The molecule has 1 atom stereocenters.